The minimum Gasteiger partial charge on any atom is -0.320 e. The Kier molecular flexibility index (Phi) is 6.40. The Morgan fingerprint density at radius 1 is 1.23 bits per heavy atom. The molecule has 0 spiro atoms. The van der Waals surface area contributed by atoms with Crippen LogP contribution >= 0.6 is 0 Å². The quantitative estimate of drug-likeness (QED) is 0.640. The molecule has 1 unspecified atom stereocenters. The van der Waals surface area contributed by atoms with Crippen molar-refractivity contribution in [1.29, 1.82) is 0 Å². The van der Waals surface area contributed by atoms with Gasteiger partial charge in [-0.3, -0.25) is 0 Å². The smallest absolute Gasteiger partial charge is 0.00467 e. The van der Waals surface area contributed by atoms with Crippen LogP contribution < -0.4 is 5.32 Å². The van der Waals surface area contributed by atoms with Gasteiger partial charge >= 0.3 is 0 Å². The maximum atomic E-state index is 3.25. The van der Waals surface area contributed by atoms with Crippen LogP contribution in [0.5, 0.6) is 0 Å². The van der Waals surface area contributed by atoms with E-state index in [1.54, 1.807) is 0 Å². The fourth-order valence-electron chi connectivity index (χ4n) is 1.54. The first-order valence-corrected chi connectivity index (χ1v) is 5.68. The van der Waals surface area contributed by atoms with Gasteiger partial charge in [0.25, 0.3) is 0 Å². The Hall–Kier alpha value is -0.0400. The van der Waals surface area contributed by atoms with E-state index in [-0.39, 0.29) is 0 Å². The van der Waals surface area contributed by atoms with Gasteiger partial charge in [0.05, 0.1) is 0 Å². The van der Waals surface area contributed by atoms with Gasteiger partial charge in [0.15, 0.2) is 0 Å². The van der Waals surface area contributed by atoms with Crippen molar-refractivity contribution in [1.82, 2.24) is 5.32 Å². The molecule has 0 fully saturated rings. The van der Waals surface area contributed by atoms with Gasteiger partial charge in [0, 0.05) is 0 Å². The summed E-state index contributed by atoms with van der Waals surface area (Å²) in [7, 11) is 2.04. The average Bonchev–Trinajstić information content (AvgIpc) is 2.11. The molecule has 0 rings (SSSR count). The number of hydrogen-bond acceptors (Lipinski definition) is 1. The van der Waals surface area contributed by atoms with Crippen LogP contribution in [0.2, 0.25) is 0 Å². The highest BCUT2D eigenvalue weighted by molar-refractivity contribution is 4.73. The molecule has 1 N–H and O–H groups in total. The van der Waals surface area contributed by atoms with E-state index in [0.29, 0.717) is 5.41 Å². The molecule has 0 aliphatic heterocycles. The summed E-state index contributed by atoms with van der Waals surface area (Å²) in [6.07, 6.45) is 5.37. The van der Waals surface area contributed by atoms with Gasteiger partial charge in [-0.05, 0) is 37.8 Å². The Bertz CT molecular complexity index is 120. The second-order valence-electron chi connectivity index (χ2n) is 4.95. The summed E-state index contributed by atoms with van der Waals surface area (Å²) in [6, 6.07) is 0. The van der Waals surface area contributed by atoms with Crippen molar-refractivity contribution in [2.45, 2.75) is 53.4 Å². The predicted molar refractivity (Wildman–Crippen MR) is 61.0 cm³/mol. The number of hydrogen-bond donors (Lipinski definition) is 1. The third-order valence-electron chi connectivity index (χ3n) is 3.16. The Morgan fingerprint density at radius 3 is 2.23 bits per heavy atom. The zero-order valence-corrected chi connectivity index (χ0v) is 10.1. The third kappa shape index (κ3) is 6.09. The van der Waals surface area contributed by atoms with E-state index in [0.717, 1.165) is 12.5 Å². The lowest BCUT2D eigenvalue weighted by molar-refractivity contribution is 0.240. The van der Waals surface area contributed by atoms with E-state index >= 15 is 0 Å². The largest absolute Gasteiger partial charge is 0.320 e. The summed E-state index contributed by atoms with van der Waals surface area (Å²) >= 11 is 0. The Morgan fingerprint density at radius 2 is 1.85 bits per heavy atom. The normalized spacial score (nSPS) is 16.2. The SMILES string of the molecule is CCC(C)(CCNC)CCC(C)C. The molecule has 13 heavy (non-hydrogen) atoms. The fraction of sp³-hybridized carbons (Fsp3) is 1.00. The lowest BCUT2D eigenvalue weighted by Gasteiger charge is -2.29. The molecular formula is C12H27N. The van der Waals surface area contributed by atoms with Crippen molar-refractivity contribution in [3.63, 3.8) is 0 Å². The van der Waals surface area contributed by atoms with Crippen molar-refractivity contribution in [2.24, 2.45) is 11.3 Å². The van der Waals surface area contributed by atoms with Gasteiger partial charge in [-0.25, -0.2) is 0 Å². The van der Waals surface area contributed by atoms with Crippen LogP contribution in [-0.4, -0.2) is 13.6 Å². The highest BCUT2D eigenvalue weighted by atomic mass is 14.8. The highest BCUT2D eigenvalue weighted by Gasteiger charge is 2.21. The van der Waals surface area contributed by atoms with Gasteiger partial charge in [0.1, 0.15) is 0 Å². The summed E-state index contributed by atoms with van der Waals surface area (Å²) in [4.78, 5) is 0. The minimum absolute atomic E-state index is 0.563. The molecule has 0 saturated heterocycles. The maximum Gasteiger partial charge on any atom is -0.00467 e. The molecule has 0 bridgehead atoms. The molecule has 0 aromatic rings. The van der Waals surface area contributed by atoms with Crippen LogP contribution in [0.1, 0.15) is 53.4 Å². The molecule has 80 valence electrons. The van der Waals surface area contributed by atoms with Gasteiger partial charge in [-0.1, -0.05) is 40.5 Å². The van der Waals surface area contributed by atoms with Gasteiger partial charge in [-0.15, -0.1) is 0 Å². The van der Waals surface area contributed by atoms with E-state index in [1.165, 1.54) is 25.7 Å². The second-order valence-corrected chi connectivity index (χ2v) is 4.95. The molecule has 0 saturated carbocycles. The first kappa shape index (κ1) is 13.0. The Labute approximate surface area is 84.3 Å². The van der Waals surface area contributed by atoms with Crippen LogP contribution in [0.3, 0.4) is 0 Å². The zero-order valence-electron chi connectivity index (χ0n) is 10.1. The molecule has 0 heterocycles. The van der Waals surface area contributed by atoms with Crippen molar-refractivity contribution in [3.8, 4) is 0 Å². The van der Waals surface area contributed by atoms with Crippen molar-refractivity contribution < 1.29 is 0 Å². The van der Waals surface area contributed by atoms with Gasteiger partial charge < -0.3 is 5.32 Å². The van der Waals surface area contributed by atoms with Crippen molar-refractivity contribution in [2.75, 3.05) is 13.6 Å². The lowest BCUT2D eigenvalue weighted by atomic mass is 9.78. The van der Waals surface area contributed by atoms with E-state index < -0.39 is 0 Å². The second kappa shape index (κ2) is 6.42. The molecule has 0 aliphatic carbocycles. The third-order valence-corrected chi connectivity index (χ3v) is 3.16. The molecule has 1 heteroatoms. The average molecular weight is 185 g/mol. The van der Waals surface area contributed by atoms with E-state index in [9.17, 15) is 0 Å². The van der Waals surface area contributed by atoms with Gasteiger partial charge in [0.2, 0.25) is 0 Å². The Balaban J connectivity index is 3.81. The standard InChI is InChI=1S/C12H27N/c1-6-12(4,9-10-13-5)8-7-11(2)3/h11,13H,6-10H2,1-5H3. The summed E-state index contributed by atoms with van der Waals surface area (Å²) in [5, 5.41) is 3.25. The zero-order chi connectivity index (χ0) is 10.3. The van der Waals surface area contributed by atoms with Crippen LogP contribution in [0.25, 0.3) is 0 Å². The molecule has 0 amide bonds. The molecule has 1 atom stereocenters. The predicted octanol–water partition coefficient (Wildman–Crippen LogP) is 3.45. The van der Waals surface area contributed by atoms with Gasteiger partial charge in [-0.2, -0.15) is 0 Å². The molecule has 0 aromatic heterocycles. The summed E-state index contributed by atoms with van der Waals surface area (Å²) in [5.41, 5.74) is 0.563. The fourth-order valence-corrected chi connectivity index (χ4v) is 1.54. The molecule has 0 radical (unpaired) electrons. The minimum atomic E-state index is 0.563. The van der Waals surface area contributed by atoms with Crippen LogP contribution in [-0.2, 0) is 0 Å². The van der Waals surface area contributed by atoms with Crippen molar-refractivity contribution >= 4 is 0 Å². The first-order chi connectivity index (χ1) is 6.04. The lowest BCUT2D eigenvalue weighted by Crippen LogP contribution is -2.22. The monoisotopic (exact) mass is 185 g/mol. The molecule has 0 aromatic carbocycles. The maximum absolute atomic E-state index is 3.25. The number of rotatable bonds is 7. The van der Waals surface area contributed by atoms with Crippen LogP contribution in [0.15, 0.2) is 0 Å². The van der Waals surface area contributed by atoms with Crippen molar-refractivity contribution in [3.05, 3.63) is 0 Å². The van der Waals surface area contributed by atoms with E-state index in [2.05, 4.69) is 33.0 Å². The molecule has 0 aliphatic rings. The summed E-state index contributed by atoms with van der Waals surface area (Å²) in [5.74, 6) is 0.848. The first-order valence-electron chi connectivity index (χ1n) is 5.68. The number of nitrogens with one attached hydrogen (secondary N) is 1. The van der Waals surface area contributed by atoms with Crippen LogP contribution in [0, 0.1) is 11.3 Å². The summed E-state index contributed by atoms with van der Waals surface area (Å²) in [6.45, 7) is 10.5. The van der Waals surface area contributed by atoms with Crippen LogP contribution in [0.4, 0.5) is 0 Å². The molecule has 1 nitrogen and oxygen atoms in total. The summed E-state index contributed by atoms with van der Waals surface area (Å²) < 4.78 is 0. The van der Waals surface area contributed by atoms with E-state index in [1.807, 2.05) is 7.05 Å². The topological polar surface area (TPSA) is 12.0 Å². The highest BCUT2D eigenvalue weighted by Crippen LogP contribution is 2.32. The van der Waals surface area contributed by atoms with E-state index in [4.69, 9.17) is 0 Å². The molecular weight excluding hydrogens is 158 g/mol.